The number of carboxylic acids is 1. The maximum absolute atomic E-state index is 12.5. The predicted molar refractivity (Wildman–Crippen MR) is 98.8 cm³/mol. The van der Waals surface area contributed by atoms with Gasteiger partial charge in [-0.25, -0.2) is 4.79 Å². The molecule has 0 spiro atoms. The summed E-state index contributed by atoms with van der Waals surface area (Å²) in [5.41, 5.74) is -0.804. The molecule has 1 aromatic carbocycles. The van der Waals surface area contributed by atoms with E-state index in [0.29, 0.717) is 42.3 Å². The van der Waals surface area contributed by atoms with E-state index in [2.05, 4.69) is 15.5 Å². The van der Waals surface area contributed by atoms with Gasteiger partial charge in [0.05, 0.1) is 0 Å². The molecule has 1 aliphatic rings. The fourth-order valence-electron chi connectivity index (χ4n) is 2.74. The molecule has 0 unspecified atom stereocenters. The molecule has 0 aliphatic carbocycles. The van der Waals surface area contributed by atoms with Gasteiger partial charge in [-0.2, -0.15) is 16.7 Å². The fourth-order valence-corrected chi connectivity index (χ4v) is 3.93. The molecule has 0 radical (unpaired) electrons. The summed E-state index contributed by atoms with van der Waals surface area (Å²) in [6.45, 7) is 2.08. The Morgan fingerprint density at radius 1 is 1.30 bits per heavy atom. The lowest BCUT2D eigenvalue weighted by Gasteiger charge is -2.33. The van der Waals surface area contributed by atoms with E-state index in [1.54, 1.807) is 36.0 Å². The Kier molecular flexibility index (Phi) is 6.00. The first-order chi connectivity index (χ1) is 13.0. The van der Waals surface area contributed by atoms with Gasteiger partial charge >= 0.3 is 5.97 Å². The topological polar surface area (TPSA) is 115 Å². The van der Waals surface area contributed by atoms with Gasteiger partial charge in [-0.15, -0.1) is 0 Å². The van der Waals surface area contributed by atoms with Crippen molar-refractivity contribution in [3.05, 3.63) is 41.5 Å². The number of carbonyl (C=O) groups is 2. The molecule has 8 nitrogen and oxygen atoms in total. The lowest BCUT2D eigenvalue weighted by molar-refractivity contribution is -0.144. The summed E-state index contributed by atoms with van der Waals surface area (Å²) in [4.78, 5) is 28.3. The first-order valence-electron chi connectivity index (χ1n) is 8.70. The number of ether oxygens (including phenoxy) is 1. The van der Waals surface area contributed by atoms with Crippen molar-refractivity contribution in [1.82, 2.24) is 15.5 Å². The molecule has 3 rings (SSSR count). The molecule has 1 amide bonds. The van der Waals surface area contributed by atoms with Crippen molar-refractivity contribution >= 4 is 23.6 Å². The molecule has 27 heavy (non-hydrogen) atoms. The van der Waals surface area contributed by atoms with Crippen LogP contribution in [0.15, 0.2) is 28.8 Å². The summed E-state index contributed by atoms with van der Waals surface area (Å²) >= 11 is 1.70. The van der Waals surface area contributed by atoms with Crippen molar-refractivity contribution in [1.29, 1.82) is 0 Å². The van der Waals surface area contributed by atoms with Crippen LogP contribution in [0.25, 0.3) is 0 Å². The molecule has 2 N–H and O–H groups in total. The number of aryl methyl sites for hydroxylation is 1. The monoisotopic (exact) mass is 391 g/mol. The average Bonchev–Trinajstić information content (AvgIpc) is 3.15. The number of carbonyl (C=O) groups excluding carboxylic acids is 1. The van der Waals surface area contributed by atoms with E-state index in [4.69, 9.17) is 9.26 Å². The summed E-state index contributed by atoms with van der Waals surface area (Å²) in [6, 6.07) is 6.51. The van der Waals surface area contributed by atoms with Gasteiger partial charge in [-0.05, 0) is 48.6 Å². The van der Waals surface area contributed by atoms with Crippen LogP contribution in [0.5, 0.6) is 5.75 Å². The summed E-state index contributed by atoms with van der Waals surface area (Å²) in [6.07, 6.45) is 1.50. The second kappa shape index (κ2) is 8.43. The summed E-state index contributed by atoms with van der Waals surface area (Å²) in [7, 11) is 0. The number of benzene rings is 1. The minimum Gasteiger partial charge on any atom is -0.485 e. The first-order valence-corrected chi connectivity index (χ1v) is 9.86. The Hall–Kier alpha value is -2.55. The van der Waals surface area contributed by atoms with Crippen LogP contribution in [0.4, 0.5) is 0 Å². The number of amides is 1. The number of carboxylic acid groups (broad SMARTS) is 1. The van der Waals surface area contributed by atoms with Crippen molar-refractivity contribution in [2.45, 2.75) is 38.3 Å². The third kappa shape index (κ3) is 4.60. The highest BCUT2D eigenvalue weighted by Gasteiger charge is 2.41. The van der Waals surface area contributed by atoms with Gasteiger partial charge in [0.15, 0.2) is 6.61 Å². The molecular formula is C18H21N3O5S. The van der Waals surface area contributed by atoms with Crippen molar-refractivity contribution in [2.75, 3.05) is 11.5 Å². The molecule has 1 saturated heterocycles. The number of thioether (sulfide) groups is 1. The van der Waals surface area contributed by atoms with Gasteiger partial charge in [0.25, 0.3) is 5.91 Å². The summed E-state index contributed by atoms with van der Waals surface area (Å²) in [5, 5.41) is 16.1. The number of nitrogens with zero attached hydrogens (tertiary/aromatic N) is 2. The highest BCUT2D eigenvalue weighted by Crippen LogP contribution is 2.28. The van der Waals surface area contributed by atoms with Crippen LogP contribution in [-0.2, 0) is 17.8 Å². The van der Waals surface area contributed by atoms with E-state index in [-0.39, 0.29) is 6.61 Å². The molecule has 0 saturated carbocycles. The molecular weight excluding hydrogens is 370 g/mol. The maximum atomic E-state index is 12.5. The van der Waals surface area contributed by atoms with Gasteiger partial charge in [-0.1, -0.05) is 12.1 Å². The number of hydrogen-bond donors (Lipinski definition) is 2. The second-order valence-corrected chi connectivity index (χ2v) is 7.45. The van der Waals surface area contributed by atoms with Crippen molar-refractivity contribution in [2.24, 2.45) is 0 Å². The zero-order chi connectivity index (χ0) is 19.3. The van der Waals surface area contributed by atoms with E-state index in [1.807, 2.05) is 6.92 Å². The van der Waals surface area contributed by atoms with Gasteiger partial charge < -0.3 is 19.7 Å². The van der Waals surface area contributed by atoms with Crippen LogP contribution in [-0.4, -0.2) is 44.2 Å². The molecule has 144 valence electrons. The number of hydrogen-bond acceptors (Lipinski definition) is 7. The first kappa shape index (κ1) is 19.2. The highest BCUT2D eigenvalue weighted by molar-refractivity contribution is 7.99. The van der Waals surface area contributed by atoms with Gasteiger partial charge in [0.2, 0.25) is 11.7 Å². The van der Waals surface area contributed by atoms with E-state index in [9.17, 15) is 14.7 Å². The lowest BCUT2D eigenvalue weighted by Crippen LogP contribution is -2.56. The normalized spacial score (nSPS) is 15.9. The Labute approximate surface area is 160 Å². The molecule has 1 fully saturated rings. The lowest BCUT2D eigenvalue weighted by atomic mass is 9.92. The highest BCUT2D eigenvalue weighted by atomic mass is 32.2. The smallest absolute Gasteiger partial charge is 0.329 e. The minimum absolute atomic E-state index is 0.162. The number of rotatable bonds is 7. The predicted octanol–water partition coefficient (Wildman–Crippen LogP) is 2.29. The Bertz CT molecular complexity index is 800. The maximum Gasteiger partial charge on any atom is 0.329 e. The minimum atomic E-state index is -1.19. The molecule has 1 aliphatic heterocycles. The Morgan fingerprint density at radius 3 is 2.59 bits per heavy atom. The van der Waals surface area contributed by atoms with Crippen molar-refractivity contribution in [3.8, 4) is 5.75 Å². The third-order valence-electron chi connectivity index (χ3n) is 4.41. The molecule has 2 heterocycles. The van der Waals surface area contributed by atoms with Crippen LogP contribution >= 0.6 is 11.8 Å². The molecule has 9 heteroatoms. The zero-order valence-electron chi connectivity index (χ0n) is 14.9. The SMILES string of the molecule is CCc1nc(COc2ccc(C(=O)NC3(C(=O)O)CCSCC3)cc2)no1. The average molecular weight is 391 g/mol. The van der Waals surface area contributed by atoms with Gasteiger partial charge in [0.1, 0.15) is 11.3 Å². The van der Waals surface area contributed by atoms with Crippen molar-refractivity contribution in [3.63, 3.8) is 0 Å². The standard InChI is InChI=1S/C18H21N3O5S/c1-2-15-19-14(21-26-15)11-25-13-5-3-12(4-6-13)16(22)20-18(17(23)24)7-9-27-10-8-18/h3-6H,2,7-11H2,1H3,(H,20,22)(H,23,24). The number of aromatic nitrogens is 2. The molecule has 0 atom stereocenters. The molecule has 2 aromatic rings. The molecule has 1 aromatic heterocycles. The fraction of sp³-hybridized carbons (Fsp3) is 0.444. The van der Waals surface area contributed by atoms with Crippen molar-refractivity contribution < 1.29 is 24.0 Å². The zero-order valence-corrected chi connectivity index (χ0v) is 15.8. The number of nitrogens with one attached hydrogen (secondary N) is 1. The van der Waals surface area contributed by atoms with E-state index < -0.39 is 17.4 Å². The van der Waals surface area contributed by atoms with E-state index in [0.717, 1.165) is 11.5 Å². The van der Waals surface area contributed by atoms with Crippen LogP contribution in [0.1, 0.15) is 41.8 Å². The van der Waals surface area contributed by atoms with Crippen LogP contribution < -0.4 is 10.1 Å². The van der Waals surface area contributed by atoms with Crippen LogP contribution in [0.2, 0.25) is 0 Å². The Balaban J connectivity index is 1.60. The van der Waals surface area contributed by atoms with Crippen LogP contribution in [0, 0.1) is 0 Å². The largest absolute Gasteiger partial charge is 0.485 e. The quantitative estimate of drug-likeness (QED) is 0.739. The summed E-state index contributed by atoms with van der Waals surface area (Å²) < 4.78 is 10.6. The van der Waals surface area contributed by atoms with E-state index >= 15 is 0 Å². The van der Waals surface area contributed by atoms with Gasteiger partial charge in [-0.3, -0.25) is 4.79 Å². The van der Waals surface area contributed by atoms with Gasteiger partial charge in [0, 0.05) is 12.0 Å². The summed E-state index contributed by atoms with van der Waals surface area (Å²) in [5.74, 6) is 1.60. The van der Waals surface area contributed by atoms with E-state index in [1.165, 1.54) is 0 Å². The second-order valence-electron chi connectivity index (χ2n) is 6.22. The third-order valence-corrected chi connectivity index (χ3v) is 5.39. The molecule has 0 bridgehead atoms. The van der Waals surface area contributed by atoms with Crippen LogP contribution in [0.3, 0.4) is 0 Å². The number of aliphatic carboxylic acids is 1. The Morgan fingerprint density at radius 2 is 2.00 bits per heavy atom.